The molecule has 0 radical (unpaired) electrons. The van der Waals surface area contributed by atoms with E-state index in [1.54, 1.807) is 0 Å². The Morgan fingerprint density at radius 3 is 1.04 bits per heavy atom. The molecule has 6 heteroatoms. The van der Waals surface area contributed by atoms with Crippen molar-refractivity contribution in [3.8, 4) is 0 Å². The molecule has 0 spiro atoms. The van der Waals surface area contributed by atoms with Crippen LogP contribution in [0.2, 0.25) is 0 Å². The molecule has 0 fully saturated rings. The van der Waals surface area contributed by atoms with Gasteiger partial charge in [-0.15, -0.1) is 0 Å². The van der Waals surface area contributed by atoms with Crippen LogP contribution in [0.4, 0.5) is 0 Å². The van der Waals surface area contributed by atoms with Crippen LogP contribution in [0, 0.1) is 0 Å². The number of aliphatic hydroxyl groups is 2. The fourth-order valence-electron chi connectivity index (χ4n) is 10.3. The maximum absolute atomic E-state index is 12.5. The monoisotopic (exact) mass is 1040 g/mol. The molecular weight excluding hydrogens is 911 g/mol. The number of rotatable bonds is 62. The average molecular weight is 1040 g/mol. The van der Waals surface area contributed by atoms with Gasteiger partial charge >= 0.3 is 5.97 Å². The van der Waals surface area contributed by atoms with Gasteiger partial charge in [0, 0.05) is 12.8 Å². The van der Waals surface area contributed by atoms with Crippen LogP contribution in [0.3, 0.4) is 0 Å². The van der Waals surface area contributed by atoms with Crippen molar-refractivity contribution in [2.75, 3.05) is 13.2 Å². The van der Waals surface area contributed by atoms with Crippen molar-refractivity contribution >= 4 is 11.9 Å². The summed E-state index contributed by atoms with van der Waals surface area (Å²) < 4.78 is 5.46. The first kappa shape index (κ1) is 72.1. The zero-order chi connectivity index (χ0) is 53.6. The molecule has 3 N–H and O–H groups in total. The van der Waals surface area contributed by atoms with Gasteiger partial charge in [0.05, 0.1) is 25.4 Å². The summed E-state index contributed by atoms with van der Waals surface area (Å²) in [5.74, 6) is -0.0705. The van der Waals surface area contributed by atoms with Gasteiger partial charge in [0.15, 0.2) is 0 Å². The Balaban J connectivity index is 3.48. The van der Waals surface area contributed by atoms with Crippen LogP contribution in [0.5, 0.6) is 0 Å². The lowest BCUT2D eigenvalue weighted by atomic mass is 10.0. The number of allylic oxidation sites excluding steroid dienone is 6. The number of ether oxygens (including phenoxy) is 1. The number of aliphatic hydroxyl groups excluding tert-OH is 2. The molecule has 74 heavy (non-hydrogen) atoms. The summed E-state index contributed by atoms with van der Waals surface area (Å²) in [6.07, 6.45) is 80.3. The molecule has 0 aromatic carbocycles. The standard InChI is InChI=1S/C68H129NO5/c1-3-5-7-9-11-13-15-17-19-20-21-22-23-24-25-26-27-29-33-36-40-44-48-52-56-60-66(71)65(64-70)69-67(72)61-57-53-49-45-41-37-34-30-28-31-35-39-43-47-51-55-59-63-74-68(73)62-58-54-50-46-42-38-32-18-16-14-12-10-8-6-4-2/h18,28,31-32,39,43,65-66,70-71H,3-17,19-27,29-30,33-38,40-42,44-64H2,1-2H3,(H,69,72)/b31-28-,32-18-,43-39-. The lowest BCUT2D eigenvalue weighted by Gasteiger charge is -2.22. The molecule has 0 saturated carbocycles. The Morgan fingerprint density at radius 2 is 0.676 bits per heavy atom. The number of hydrogen-bond acceptors (Lipinski definition) is 5. The summed E-state index contributed by atoms with van der Waals surface area (Å²) in [4.78, 5) is 24.6. The highest BCUT2D eigenvalue weighted by molar-refractivity contribution is 5.76. The van der Waals surface area contributed by atoms with Gasteiger partial charge in [-0.1, -0.05) is 294 Å². The molecule has 1 amide bonds. The molecule has 0 aliphatic carbocycles. The van der Waals surface area contributed by atoms with Crippen LogP contribution in [0.15, 0.2) is 36.5 Å². The third kappa shape index (κ3) is 59.3. The molecule has 436 valence electrons. The zero-order valence-corrected chi connectivity index (χ0v) is 49.8. The van der Waals surface area contributed by atoms with Crippen molar-refractivity contribution in [3.63, 3.8) is 0 Å². The highest BCUT2D eigenvalue weighted by atomic mass is 16.5. The summed E-state index contributed by atoms with van der Waals surface area (Å²) in [6, 6.07) is -0.556. The van der Waals surface area contributed by atoms with E-state index >= 15 is 0 Å². The van der Waals surface area contributed by atoms with Crippen molar-refractivity contribution in [2.24, 2.45) is 0 Å². The van der Waals surface area contributed by atoms with E-state index in [4.69, 9.17) is 4.74 Å². The maximum atomic E-state index is 12.5. The Morgan fingerprint density at radius 1 is 0.378 bits per heavy atom. The summed E-state index contributed by atoms with van der Waals surface area (Å²) >= 11 is 0. The first-order valence-corrected chi connectivity index (χ1v) is 33.2. The Hall–Kier alpha value is -1.92. The first-order chi connectivity index (χ1) is 36.5. The molecule has 0 aliphatic heterocycles. The highest BCUT2D eigenvalue weighted by Crippen LogP contribution is 2.18. The van der Waals surface area contributed by atoms with Crippen LogP contribution >= 0.6 is 0 Å². The van der Waals surface area contributed by atoms with Crippen molar-refractivity contribution < 1.29 is 24.5 Å². The highest BCUT2D eigenvalue weighted by Gasteiger charge is 2.20. The van der Waals surface area contributed by atoms with Gasteiger partial charge in [-0.05, 0) is 89.9 Å². The quantitative estimate of drug-likeness (QED) is 0.0320. The molecule has 2 unspecified atom stereocenters. The van der Waals surface area contributed by atoms with Gasteiger partial charge in [0.25, 0.3) is 0 Å². The molecule has 2 atom stereocenters. The summed E-state index contributed by atoms with van der Waals surface area (Å²) in [5, 5.41) is 23.4. The minimum atomic E-state index is -0.677. The van der Waals surface area contributed by atoms with Crippen LogP contribution in [0.25, 0.3) is 0 Å². The van der Waals surface area contributed by atoms with Crippen LogP contribution in [-0.4, -0.2) is 47.4 Å². The number of carbonyl (C=O) groups excluding carboxylic acids is 2. The second kappa shape index (κ2) is 63.6. The van der Waals surface area contributed by atoms with E-state index in [9.17, 15) is 19.8 Å². The molecule has 0 rings (SSSR count). The third-order valence-electron chi connectivity index (χ3n) is 15.4. The second-order valence-corrected chi connectivity index (χ2v) is 22.8. The minimum absolute atomic E-state index is 0.0227. The summed E-state index contributed by atoms with van der Waals surface area (Å²) in [5.41, 5.74) is 0. The number of esters is 1. The summed E-state index contributed by atoms with van der Waals surface area (Å²) in [7, 11) is 0. The van der Waals surface area contributed by atoms with Gasteiger partial charge in [0.1, 0.15) is 0 Å². The number of nitrogens with one attached hydrogen (secondary N) is 1. The number of carbonyl (C=O) groups is 2. The van der Waals surface area contributed by atoms with Gasteiger partial charge in [0.2, 0.25) is 5.91 Å². The van der Waals surface area contributed by atoms with E-state index in [-0.39, 0.29) is 18.5 Å². The molecule has 0 aromatic heterocycles. The van der Waals surface area contributed by atoms with Crippen molar-refractivity contribution in [1.82, 2.24) is 5.32 Å². The lowest BCUT2D eigenvalue weighted by Crippen LogP contribution is -2.45. The van der Waals surface area contributed by atoms with E-state index in [0.29, 0.717) is 25.9 Å². The Bertz CT molecular complexity index is 1200. The van der Waals surface area contributed by atoms with E-state index in [0.717, 1.165) is 83.5 Å². The number of unbranched alkanes of at least 4 members (excludes halogenated alkanes) is 45. The second-order valence-electron chi connectivity index (χ2n) is 22.8. The predicted molar refractivity (Wildman–Crippen MR) is 324 cm³/mol. The molecule has 0 aliphatic rings. The SMILES string of the molecule is CCCCCCCC/C=C\CCCCCCCC(=O)OCCCCC/C=C\C/C=C\CCCCCCCCCC(=O)NC(CO)C(O)CCCCCCCCCCCCCCCCCCCCCCCCCCC. The molecule has 0 saturated heterocycles. The third-order valence-corrected chi connectivity index (χ3v) is 15.4. The number of amides is 1. The van der Waals surface area contributed by atoms with Crippen LogP contribution in [-0.2, 0) is 14.3 Å². The van der Waals surface area contributed by atoms with Crippen molar-refractivity contribution in [1.29, 1.82) is 0 Å². The molecule has 6 nitrogen and oxygen atoms in total. The van der Waals surface area contributed by atoms with Gasteiger partial charge in [-0.25, -0.2) is 0 Å². The average Bonchev–Trinajstić information content (AvgIpc) is 3.40. The van der Waals surface area contributed by atoms with Gasteiger partial charge < -0.3 is 20.3 Å². The largest absolute Gasteiger partial charge is 0.466 e. The van der Waals surface area contributed by atoms with E-state index in [2.05, 4.69) is 55.6 Å². The predicted octanol–water partition coefficient (Wildman–Crippen LogP) is 21.1. The van der Waals surface area contributed by atoms with E-state index in [1.165, 1.54) is 244 Å². The first-order valence-electron chi connectivity index (χ1n) is 33.2. The van der Waals surface area contributed by atoms with Gasteiger partial charge in [-0.2, -0.15) is 0 Å². The Kier molecular flexibility index (Phi) is 62.0. The smallest absolute Gasteiger partial charge is 0.305 e. The number of hydrogen-bond donors (Lipinski definition) is 3. The molecular formula is C68H129NO5. The topological polar surface area (TPSA) is 95.9 Å². The van der Waals surface area contributed by atoms with E-state index in [1.807, 2.05) is 0 Å². The molecule has 0 bridgehead atoms. The Labute approximate surface area is 462 Å². The maximum Gasteiger partial charge on any atom is 0.305 e. The molecule has 0 aromatic rings. The fraction of sp³-hybridized carbons (Fsp3) is 0.882. The fourth-order valence-corrected chi connectivity index (χ4v) is 10.3. The van der Waals surface area contributed by atoms with Crippen LogP contribution < -0.4 is 5.32 Å². The zero-order valence-electron chi connectivity index (χ0n) is 49.8. The molecule has 0 heterocycles. The lowest BCUT2D eigenvalue weighted by molar-refractivity contribution is -0.143. The van der Waals surface area contributed by atoms with Crippen LogP contribution in [0.1, 0.15) is 361 Å². The van der Waals surface area contributed by atoms with Gasteiger partial charge in [-0.3, -0.25) is 9.59 Å². The minimum Gasteiger partial charge on any atom is -0.466 e. The van der Waals surface area contributed by atoms with Crippen molar-refractivity contribution in [2.45, 2.75) is 373 Å². The summed E-state index contributed by atoms with van der Waals surface area (Å²) in [6.45, 7) is 4.92. The normalized spacial score (nSPS) is 12.8. The van der Waals surface area contributed by atoms with E-state index < -0.39 is 12.1 Å². The van der Waals surface area contributed by atoms with Crippen molar-refractivity contribution in [3.05, 3.63) is 36.5 Å².